The van der Waals surface area contributed by atoms with Gasteiger partial charge in [-0.15, -0.1) is 0 Å². The maximum atomic E-state index is 11.9. The highest BCUT2D eigenvalue weighted by Gasteiger charge is 2.42. The minimum absolute atomic E-state index is 0.0278. The summed E-state index contributed by atoms with van der Waals surface area (Å²) in [5.74, 6) is -4.11. The quantitative estimate of drug-likeness (QED) is 0.220. The SMILES string of the molecule is C=CC(=O)OCC(O)CC(CCCC(=O)O)(CC(O)COC(=O)C=C)C(=O)O. The first-order chi connectivity index (χ1) is 13.1. The summed E-state index contributed by atoms with van der Waals surface area (Å²) in [4.78, 5) is 44.9. The summed E-state index contributed by atoms with van der Waals surface area (Å²) >= 11 is 0. The molecule has 0 aromatic rings. The van der Waals surface area contributed by atoms with Gasteiger partial charge in [-0.25, -0.2) is 9.59 Å². The molecule has 158 valence electrons. The van der Waals surface area contributed by atoms with Crippen molar-refractivity contribution in [2.45, 2.75) is 44.3 Å². The topological polar surface area (TPSA) is 168 Å². The van der Waals surface area contributed by atoms with Gasteiger partial charge in [0.25, 0.3) is 0 Å². The van der Waals surface area contributed by atoms with Crippen molar-refractivity contribution in [3.8, 4) is 0 Å². The van der Waals surface area contributed by atoms with Gasteiger partial charge in [0.05, 0.1) is 17.6 Å². The van der Waals surface area contributed by atoms with Crippen LogP contribution in [0.4, 0.5) is 0 Å². The number of carboxylic acid groups (broad SMARTS) is 2. The summed E-state index contributed by atoms with van der Waals surface area (Å²) in [6.45, 7) is 5.38. The minimum atomic E-state index is -1.73. The number of aliphatic hydroxyl groups is 2. The van der Waals surface area contributed by atoms with Gasteiger partial charge in [-0.2, -0.15) is 0 Å². The van der Waals surface area contributed by atoms with E-state index in [1.165, 1.54) is 0 Å². The van der Waals surface area contributed by atoms with Gasteiger partial charge >= 0.3 is 23.9 Å². The van der Waals surface area contributed by atoms with Crippen LogP contribution in [0.5, 0.6) is 0 Å². The fraction of sp³-hybridized carbons (Fsp3) is 0.556. The van der Waals surface area contributed by atoms with Crippen LogP contribution in [0.15, 0.2) is 25.3 Å². The Morgan fingerprint density at radius 3 is 1.64 bits per heavy atom. The third-order valence-corrected chi connectivity index (χ3v) is 3.92. The first-order valence-electron chi connectivity index (χ1n) is 8.46. The lowest BCUT2D eigenvalue weighted by Gasteiger charge is -2.33. The Morgan fingerprint density at radius 2 is 1.32 bits per heavy atom. The van der Waals surface area contributed by atoms with Crippen LogP contribution >= 0.6 is 0 Å². The van der Waals surface area contributed by atoms with Gasteiger partial charge in [0.15, 0.2) is 0 Å². The highest BCUT2D eigenvalue weighted by molar-refractivity contribution is 5.81. The Balaban J connectivity index is 5.26. The van der Waals surface area contributed by atoms with Crippen LogP contribution in [0, 0.1) is 5.41 Å². The number of aliphatic carboxylic acids is 2. The summed E-state index contributed by atoms with van der Waals surface area (Å²) in [6.07, 6.45) is -2.35. The van der Waals surface area contributed by atoms with Crippen molar-refractivity contribution in [1.82, 2.24) is 0 Å². The van der Waals surface area contributed by atoms with Gasteiger partial charge in [-0.3, -0.25) is 9.59 Å². The molecule has 0 saturated carbocycles. The van der Waals surface area contributed by atoms with E-state index in [4.69, 9.17) is 5.11 Å². The third kappa shape index (κ3) is 9.83. The zero-order valence-electron chi connectivity index (χ0n) is 15.4. The number of carboxylic acids is 2. The second kappa shape index (κ2) is 12.6. The largest absolute Gasteiger partial charge is 0.481 e. The van der Waals surface area contributed by atoms with Gasteiger partial charge in [0.2, 0.25) is 0 Å². The fourth-order valence-corrected chi connectivity index (χ4v) is 2.64. The maximum Gasteiger partial charge on any atom is 0.330 e. The molecule has 0 aliphatic carbocycles. The van der Waals surface area contributed by atoms with E-state index < -0.39 is 67.6 Å². The number of carbonyl (C=O) groups excluding carboxylic acids is 2. The molecule has 10 heteroatoms. The Morgan fingerprint density at radius 1 is 0.893 bits per heavy atom. The number of esters is 2. The Bertz CT molecular complexity index is 551. The van der Waals surface area contributed by atoms with Gasteiger partial charge in [-0.1, -0.05) is 13.2 Å². The van der Waals surface area contributed by atoms with Crippen molar-refractivity contribution in [3.63, 3.8) is 0 Å². The second-order valence-electron chi connectivity index (χ2n) is 6.22. The number of carbonyl (C=O) groups is 4. The molecule has 0 heterocycles. The van der Waals surface area contributed by atoms with Crippen molar-refractivity contribution in [1.29, 1.82) is 0 Å². The standard InChI is InChI=1S/C18H26O10/c1-3-15(23)27-10-12(19)8-18(17(25)26,7-5-6-14(21)22)9-13(20)11-28-16(24)4-2/h3-4,12-13,19-20H,1-2,5-11H2,(H,21,22)(H,25,26). The van der Waals surface area contributed by atoms with Gasteiger partial charge in [0.1, 0.15) is 13.2 Å². The lowest BCUT2D eigenvalue weighted by atomic mass is 9.73. The van der Waals surface area contributed by atoms with E-state index >= 15 is 0 Å². The first-order valence-corrected chi connectivity index (χ1v) is 8.46. The molecule has 0 aromatic heterocycles. The van der Waals surface area contributed by atoms with Crippen molar-refractivity contribution in [2.75, 3.05) is 13.2 Å². The smallest absolute Gasteiger partial charge is 0.330 e. The fourth-order valence-electron chi connectivity index (χ4n) is 2.64. The number of rotatable bonds is 15. The molecule has 0 fully saturated rings. The van der Waals surface area contributed by atoms with Crippen LogP contribution in [0.2, 0.25) is 0 Å². The molecule has 0 bridgehead atoms. The molecule has 0 rings (SSSR count). The van der Waals surface area contributed by atoms with E-state index in [1.54, 1.807) is 0 Å². The first kappa shape index (κ1) is 25.3. The molecule has 0 spiro atoms. The monoisotopic (exact) mass is 402 g/mol. The molecule has 4 N–H and O–H groups in total. The van der Waals surface area contributed by atoms with Crippen LogP contribution in [0.1, 0.15) is 32.1 Å². The molecule has 2 unspecified atom stereocenters. The van der Waals surface area contributed by atoms with Crippen LogP contribution in [0.25, 0.3) is 0 Å². The minimum Gasteiger partial charge on any atom is -0.481 e. The lowest BCUT2D eigenvalue weighted by molar-refractivity contribution is -0.157. The molecular formula is C18H26O10. The van der Waals surface area contributed by atoms with Crippen molar-refractivity contribution >= 4 is 23.9 Å². The van der Waals surface area contributed by atoms with Crippen molar-refractivity contribution in [3.05, 3.63) is 25.3 Å². The predicted octanol–water partition coefficient (Wildman–Crippen LogP) is 0.273. The molecule has 0 amide bonds. The van der Waals surface area contributed by atoms with Crippen LogP contribution in [0.3, 0.4) is 0 Å². The zero-order chi connectivity index (χ0) is 21.7. The summed E-state index contributed by atoms with van der Waals surface area (Å²) < 4.78 is 9.37. The molecule has 2 atom stereocenters. The van der Waals surface area contributed by atoms with E-state index in [9.17, 15) is 34.5 Å². The van der Waals surface area contributed by atoms with Gasteiger partial charge in [0, 0.05) is 18.6 Å². The predicted molar refractivity (Wildman–Crippen MR) is 95.1 cm³/mol. The molecule has 10 nitrogen and oxygen atoms in total. The van der Waals surface area contributed by atoms with E-state index in [2.05, 4.69) is 22.6 Å². The summed E-state index contributed by atoms with van der Waals surface area (Å²) in [6, 6.07) is 0. The van der Waals surface area contributed by atoms with Gasteiger partial charge < -0.3 is 29.9 Å². The number of ether oxygens (including phenoxy) is 2. The third-order valence-electron chi connectivity index (χ3n) is 3.92. The van der Waals surface area contributed by atoms with E-state index in [0.29, 0.717) is 0 Å². The molecule has 0 aliphatic heterocycles. The molecular weight excluding hydrogens is 376 g/mol. The lowest BCUT2D eigenvalue weighted by Crippen LogP contribution is -2.40. The Hall–Kier alpha value is -2.72. The van der Waals surface area contributed by atoms with Crippen molar-refractivity contribution in [2.24, 2.45) is 5.41 Å². The zero-order valence-corrected chi connectivity index (χ0v) is 15.4. The number of aliphatic hydroxyl groups excluding tert-OH is 2. The molecule has 0 aromatic carbocycles. The maximum absolute atomic E-state index is 11.9. The summed E-state index contributed by atoms with van der Waals surface area (Å²) in [5, 5.41) is 38.7. The van der Waals surface area contributed by atoms with Crippen LogP contribution in [-0.4, -0.2) is 69.7 Å². The van der Waals surface area contributed by atoms with E-state index in [0.717, 1.165) is 12.2 Å². The van der Waals surface area contributed by atoms with E-state index in [1.807, 2.05) is 0 Å². The second-order valence-corrected chi connectivity index (χ2v) is 6.22. The van der Waals surface area contributed by atoms with Crippen LogP contribution < -0.4 is 0 Å². The Kier molecular flexibility index (Phi) is 11.4. The number of hydrogen-bond donors (Lipinski definition) is 4. The molecule has 0 saturated heterocycles. The molecule has 0 aliphatic rings. The average molecular weight is 402 g/mol. The number of hydrogen-bond acceptors (Lipinski definition) is 8. The highest BCUT2D eigenvalue weighted by Crippen LogP contribution is 2.36. The molecule has 28 heavy (non-hydrogen) atoms. The Labute approximate surface area is 162 Å². The van der Waals surface area contributed by atoms with Crippen molar-refractivity contribution < 1.29 is 49.1 Å². The van der Waals surface area contributed by atoms with Gasteiger partial charge in [-0.05, 0) is 25.7 Å². The average Bonchev–Trinajstić information content (AvgIpc) is 2.63. The molecule has 0 radical (unpaired) electrons. The van der Waals surface area contributed by atoms with E-state index in [-0.39, 0.29) is 19.3 Å². The highest BCUT2D eigenvalue weighted by atomic mass is 16.5. The summed E-state index contributed by atoms with van der Waals surface area (Å²) in [7, 11) is 0. The summed E-state index contributed by atoms with van der Waals surface area (Å²) in [5.41, 5.74) is -1.73. The normalized spacial score (nSPS) is 14.8. The van der Waals surface area contributed by atoms with Crippen LogP contribution in [-0.2, 0) is 28.7 Å².